The molecule has 0 saturated carbocycles. The fourth-order valence-corrected chi connectivity index (χ4v) is 2.76. The third-order valence-corrected chi connectivity index (χ3v) is 3.86. The lowest BCUT2D eigenvalue weighted by atomic mass is 10.2. The van der Waals surface area contributed by atoms with Gasteiger partial charge in [-0.3, -0.25) is 4.79 Å². The number of hydrogen-bond acceptors (Lipinski definition) is 3. The highest BCUT2D eigenvalue weighted by atomic mass is 16.1. The lowest BCUT2D eigenvalue weighted by Crippen LogP contribution is -2.28. The molecule has 2 heterocycles. The minimum absolute atomic E-state index is 0.0901. The van der Waals surface area contributed by atoms with Crippen LogP contribution in [0.25, 0.3) is 5.65 Å². The van der Waals surface area contributed by atoms with Gasteiger partial charge in [0.25, 0.3) is 5.91 Å². The number of fused-ring (bicyclic) bond motifs is 1. The summed E-state index contributed by atoms with van der Waals surface area (Å²) in [5.74, 6) is -0.0901. The monoisotopic (exact) mass is 316 g/mol. The number of unbranched alkanes of at least 4 members (excludes halogenated alkanes) is 1. The zero-order valence-electron chi connectivity index (χ0n) is 14.3. The number of nitrogens with one attached hydrogen (secondary N) is 1. The highest BCUT2D eigenvalue weighted by Crippen LogP contribution is 2.04. The summed E-state index contributed by atoms with van der Waals surface area (Å²) in [6.07, 6.45) is 8.19. The topological polar surface area (TPSA) is 49.6 Å². The van der Waals surface area contributed by atoms with E-state index in [0.29, 0.717) is 12.2 Å². The molecular formula is C18H28N4O. The summed E-state index contributed by atoms with van der Waals surface area (Å²) in [6, 6.07) is 5.74. The molecule has 5 heteroatoms. The Hall–Kier alpha value is -1.88. The van der Waals surface area contributed by atoms with Gasteiger partial charge in [-0.15, -0.1) is 0 Å². The summed E-state index contributed by atoms with van der Waals surface area (Å²) in [5, 5.41) is 2.96. The van der Waals surface area contributed by atoms with E-state index in [9.17, 15) is 4.79 Å². The molecule has 0 atom stereocenters. The van der Waals surface area contributed by atoms with Crippen molar-refractivity contribution in [3.05, 3.63) is 36.3 Å². The molecule has 126 valence electrons. The van der Waals surface area contributed by atoms with Crippen molar-refractivity contribution in [2.45, 2.75) is 39.5 Å². The quantitative estimate of drug-likeness (QED) is 0.686. The van der Waals surface area contributed by atoms with Crippen LogP contribution in [-0.2, 0) is 0 Å². The van der Waals surface area contributed by atoms with Gasteiger partial charge in [0.05, 0.1) is 0 Å². The van der Waals surface area contributed by atoms with Crippen LogP contribution in [0.3, 0.4) is 0 Å². The summed E-state index contributed by atoms with van der Waals surface area (Å²) in [4.78, 5) is 19.0. The third-order valence-electron chi connectivity index (χ3n) is 3.86. The Kier molecular flexibility index (Phi) is 7.07. The van der Waals surface area contributed by atoms with Crippen molar-refractivity contribution in [2.24, 2.45) is 0 Å². The van der Waals surface area contributed by atoms with Gasteiger partial charge in [-0.25, -0.2) is 4.98 Å². The Labute approximate surface area is 138 Å². The van der Waals surface area contributed by atoms with Crippen molar-refractivity contribution in [3.63, 3.8) is 0 Å². The highest BCUT2D eigenvalue weighted by molar-refractivity contribution is 5.92. The largest absolute Gasteiger partial charge is 0.351 e. The number of nitrogens with zero attached hydrogens (tertiary/aromatic N) is 3. The van der Waals surface area contributed by atoms with Crippen LogP contribution in [0.2, 0.25) is 0 Å². The van der Waals surface area contributed by atoms with Crippen LogP contribution >= 0.6 is 0 Å². The van der Waals surface area contributed by atoms with Gasteiger partial charge in [-0.1, -0.05) is 19.9 Å². The first-order valence-electron chi connectivity index (χ1n) is 8.69. The van der Waals surface area contributed by atoms with Crippen LogP contribution in [0.15, 0.2) is 30.6 Å². The first-order valence-corrected chi connectivity index (χ1v) is 8.69. The first-order chi connectivity index (χ1) is 11.2. The number of hydrogen-bond donors (Lipinski definition) is 1. The summed E-state index contributed by atoms with van der Waals surface area (Å²) in [7, 11) is 0. The number of aromatic nitrogens is 2. The zero-order chi connectivity index (χ0) is 16.5. The molecule has 0 aliphatic carbocycles. The number of amides is 1. The van der Waals surface area contributed by atoms with Crippen LogP contribution < -0.4 is 5.32 Å². The Morgan fingerprint density at radius 2 is 1.96 bits per heavy atom. The van der Waals surface area contributed by atoms with Crippen LogP contribution in [0.4, 0.5) is 0 Å². The molecule has 0 radical (unpaired) electrons. The van der Waals surface area contributed by atoms with Gasteiger partial charge < -0.3 is 14.6 Å². The molecule has 0 fully saturated rings. The van der Waals surface area contributed by atoms with Gasteiger partial charge in [0.1, 0.15) is 11.3 Å². The van der Waals surface area contributed by atoms with Crippen LogP contribution in [0.1, 0.15) is 50.0 Å². The molecule has 0 aromatic carbocycles. The van der Waals surface area contributed by atoms with Gasteiger partial charge in [-0.05, 0) is 57.5 Å². The molecule has 0 spiro atoms. The molecule has 2 rings (SSSR count). The van der Waals surface area contributed by atoms with Gasteiger partial charge >= 0.3 is 0 Å². The summed E-state index contributed by atoms with van der Waals surface area (Å²) < 4.78 is 1.86. The first kappa shape index (κ1) is 17.5. The minimum atomic E-state index is -0.0901. The van der Waals surface area contributed by atoms with Crippen molar-refractivity contribution in [1.82, 2.24) is 19.6 Å². The van der Waals surface area contributed by atoms with E-state index >= 15 is 0 Å². The van der Waals surface area contributed by atoms with E-state index in [1.807, 2.05) is 28.8 Å². The van der Waals surface area contributed by atoms with E-state index in [1.54, 1.807) is 6.20 Å². The molecule has 0 unspecified atom stereocenters. The van der Waals surface area contributed by atoms with Crippen molar-refractivity contribution in [1.29, 1.82) is 0 Å². The van der Waals surface area contributed by atoms with Crippen LogP contribution in [-0.4, -0.2) is 46.4 Å². The molecule has 1 N–H and O–H groups in total. The fourth-order valence-electron chi connectivity index (χ4n) is 2.76. The van der Waals surface area contributed by atoms with E-state index in [1.165, 1.54) is 25.9 Å². The second-order valence-electron chi connectivity index (χ2n) is 5.90. The number of pyridine rings is 1. The molecule has 0 bridgehead atoms. The smallest absolute Gasteiger partial charge is 0.271 e. The predicted octanol–water partition coefficient (Wildman–Crippen LogP) is 2.97. The van der Waals surface area contributed by atoms with Crippen molar-refractivity contribution in [2.75, 3.05) is 26.2 Å². The maximum atomic E-state index is 12.1. The molecule has 2 aromatic heterocycles. The molecule has 1 amide bonds. The average molecular weight is 316 g/mol. The molecule has 0 aliphatic heterocycles. The number of carbonyl (C=O) groups is 1. The Morgan fingerprint density at radius 1 is 1.17 bits per heavy atom. The fraction of sp³-hybridized carbons (Fsp3) is 0.556. The van der Waals surface area contributed by atoms with Gasteiger partial charge in [-0.2, -0.15) is 0 Å². The molecule has 0 aliphatic rings. The summed E-state index contributed by atoms with van der Waals surface area (Å²) in [5.41, 5.74) is 1.28. The standard InChI is InChI=1S/C18H28N4O/c1-3-11-21(12-4-2)13-8-6-10-19-18(23)16-15-22-14-7-5-9-17(22)20-16/h5,7,9,14-15H,3-4,6,8,10-13H2,1-2H3,(H,19,23). The number of carbonyl (C=O) groups excluding carboxylic acids is 1. The van der Waals surface area contributed by atoms with Crippen LogP contribution in [0.5, 0.6) is 0 Å². The molecule has 0 saturated heterocycles. The second kappa shape index (κ2) is 9.30. The Morgan fingerprint density at radius 3 is 2.65 bits per heavy atom. The number of rotatable bonds is 10. The van der Waals surface area contributed by atoms with Crippen molar-refractivity contribution < 1.29 is 4.79 Å². The maximum Gasteiger partial charge on any atom is 0.271 e. The molecule has 23 heavy (non-hydrogen) atoms. The summed E-state index contributed by atoms with van der Waals surface area (Å²) >= 11 is 0. The van der Waals surface area contributed by atoms with Gasteiger partial charge in [0.2, 0.25) is 0 Å². The maximum absolute atomic E-state index is 12.1. The molecule has 5 nitrogen and oxygen atoms in total. The van der Waals surface area contributed by atoms with Crippen molar-refractivity contribution in [3.8, 4) is 0 Å². The van der Waals surface area contributed by atoms with Crippen molar-refractivity contribution >= 4 is 11.6 Å². The van der Waals surface area contributed by atoms with E-state index in [0.717, 1.165) is 25.0 Å². The Balaban J connectivity index is 1.70. The van der Waals surface area contributed by atoms with Gasteiger partial charge in [0, 0.05) is 18.9 Å². The second-order valence-corrected chi connectivity index (χ2v) is 5.90. The third kappa shape index (κ3) is 5.36. The lowest BCUT2D eigenvalue weighted by Gasteiger charge is -2.20. The number of imidazole rings is 1. The predicted molar refractivity (Wildman–Crippen MR) is 93.8 cm³/mol. The SMILES string of the molecule is CCCN(CCC)CCCCNC(=O)c1cn2ccccc2n1. The Bertz CT molecular complexity index is 569. The van der Waals surface area contributed by atoms with E-state index in [4.69, 9.17) is 0 Å². The summed E-state index contributed by atoms with van der Waals surface area (Å²) in [6.45, 7) is 8.60. The normalized spacial score (nSPS) is 11.3. The zero-order valence-corrected chi connectivity index (χ0v) is 14.3. The van der Waals surface area contributed by atoms with Gasteiger partial charge in [0.15, 0.2) is 0 Å². The average Bonchev–Trinajstić information content (AvgIpc) is 2.99. The molecule has 2 aromatic rings. The molecular weight excluding hydrogens is 288 g/mol. The van der Waals surface area contributed by atoms with E-state index in [-0.39, 0.29) is 5.91 Å². The lowest BCUT2D eigenvalue weighted by molar-refractivity contribution is 0.0948. The van der Waals surface area contributed by atoms with E-state index in [2.05, 4.69) is 29.0 Å². The van der Waals surface area contributed by atoms with Crippen LogP contribution in [0, 0.1) is 0 Å². The highest BCUT2D eigenvalue weighted by Gasteiger charge is 2.09. The minimum Gasteiger partial charge on any atom is -0.351 e. The van der Waals surface area contributed by atoms with E-state index < -0.39 is 0 Å².